The summed E-state index contributed by atoms with van der Waals surface area (Å²) < 4.78 is 6.53. The van der Waals surface area contributed by atoms with Gasteiger partial charge in [0.05, 0.1) is 15.0 Å². The Morgan fingerprint density at radius 3 is 2.43 bits per heavy atom. The third kappa shape index (κ3) is 3.88. The number of hydrogen-bond acceptors (Lipinski definition) is 3. The lowest BCUT2D eigenvalue weighted by molar-refractivity contribution is -0.385. The van der Waals surface area contributed by atoms with Gasteiger partial charge in [0.2, 0.25) is 5.75 Å². The summed E-state index contributed by atoms with van der Waals surface area (Å²) in [7, 11) is 0. The van der Waals surface area contributed by atoms with Crippen LogP contribution in [0.2, 0.25) is 10.0 Å². The van der Waals surface area contributed by atoms with E-state index < -0.39 is 4.92 Å². The van der Waals surface area contributed by atoms with Gasteiger partial charge in [-0.15, -0.1) is 0 Å². The average Bonchev–Trinajstić information content (AvgIpc) is 2.44. The molecule has 0 amide bonds. The fourth-order valence-electron chi connectivity index (χ4n) is 1.61. The fraction of sp³-hybridized carbons (Fsp3) is 0.0769. The summed E-state index contributed by atoms with van der Waals surface area (Å²) >= 11 is 18.4. The van der Waals surface area contributed by atoms with Crippen molar-refractivity contribution in [3.05, 3.63) is 60.5 Å². The molecule has 0 aromatic heterocycles. The third-order valence-corrected chi connectivity index (χ3v) is 4.40. The first-order chi connectivity index (χ1) is 9.92. The molecule has 0 aliphatic rings. The molecule has 110 valence electrons. The topological polar surface area (TPSA) is 52.4 Å². The molecule has 0 saturated carbocycles. The van der Waals surface area contributed by atoms with Crippen molar-refractivity contribution in [2.75, 3.05) is 0 Å². The van der Waals surface area contributed by atoms with Gasteiger partial charge in [-0.25, -0.2) is 0 Å². The maximum absolute atomic E-state index is 11.1. The van der Waals surface area contributed by atoms with Gasteiger partial charge in [-0.1, -0.05) is 55.1 Å². The number of benzene rings is 2. The number of rotatable bonds is 4. The lowest BCUT2D eigenvalue weighted by atomic mass is 10.2. The van der Waals surface area contributed by atoms with E-state index in [0.29, 0.717) is 11.1 Å². The van der Waals surface area contributed by atoms with Gasteiger partial charge in [0, 0.05) is 27.5 Å². The van der Waals surface area contributed by atoms with Gasteiger partial charge in [0.1, 0.15) is 5.75 Å². The van der Waals surface area contributed by atoms with Crippen LogP contribution < -0.4 is 4.74 Å². The first-order valence-corrected chi connectivity index (χ1v) is 8.25. The molecule has 0 unspecified atom stereocenters. The van der Waals surface area contributed by atoms with Gasteiger partial charge in [-0.3, -0.25) is 10.1 Å². The van der Waals surface area contributed by atoms with E-state index in [9.17, 15) is 10.1 Å². The molecule has 8 heteroatoms. The predicted octanol–water partition coefficient (Wildman–Crippen LogP) is 6.35. The highest BCUT2D eigenvalue weighted by molar-refractivity contribution is 9.10. The standard InChI is InChI=1S/C13H7Br2Cl2NO3/c14-6-7-3-8(15)1-2-12(7)21-13-5-10(17)9(16)4-11(13)18(19)20/h1-5H,6H2. The Bertz CT molecular complexity index is 710. The number of nitro benzene ring substituents is 1. The van der Waals surface area contributed by atoms with E-state index in [-0.39, 0.29) is 21.5 Å². The van der Waals surface area contributed by atoms with Crippen LogP contribution in [-0.4, -0.2) is 4.92 Å². The van der Waals surface area contributed by atoms with Crippen LogP contribution in [0.15, 0.2) is 34.8 Å². The van der Waals surface area contributed by atoms with E-state index in [2.05, 4.69) is 31.9 Å². The Labute approximate surface area is 147 Å². The van der Waals surface area contributed by atoms with E-state index in [1.165, 1.54) is 12.1 Å². The molecule has 0 atom stereocenters. The Hall–Kier alpha value is -0.820. The summed E-state index contributed by atoms with van der Waals surface area (Å²) in [6.45, 7) is 0. The van der Waals surface area contributed by atoms with Crippen LogP contribution >= 0.6 is 55.1 Å². The third-order valence-electron chi connectivity index (χ3n) is 2.58. The van der Waals surface area contributed by atoms with Crippen molar-refractivity contribution in [2.45, 2.75) is 5.33 Å². The van der Waals surface area contributed by atoms with Crippen LogP contribution in [0.3, 0.4) is 0 Å². The largest absolute Gasteiger partial charge is 0.450 e. The maximum atomic E-state index is 11.1. The smallest absolute Gasteiger partial charge is 0.313 e. The molecular formula is C13H7Br2Cl2NO3. The number of nitrogens with zero attached hydrogens (tertiary/aromatic N) is 1. The van der Waals surface area contributed by atoms with Crippen LogP contribution in [0, 0.1) is 10.1 Å². The van der Waals surface area contributed by atoms with Gasteiger partial charge in [-0.2, -0.15) is 0 Å². The molecule has 2 aromatic rings. The van der Waals surface area contributed by atoms with Crippen molar-refractivity contribution in [2.24, 2.45) is 0 Å². The minimum atomic E-state index is -0.565. The van der Waals surface area contributed by atoms with E-state index in [1.807, 2.05) is 6.07 Å². The minimum Gasteiger partial charge on any atom is -0.450 e. The zero-order valence-corrected chi connectivity index (χ0v) is 15.0. The van der Waals surface area contributed by atoms with Crippen LogP contribution in [0.1, 0.15) is 5.56 Å². The molecule has 2 rings (SSSR count). The molecule has 0 heterocycles. The molecule has 21 heavy (non-hydrogen) atoms. The van der Waals surface area contributed by atoms with Gasteiger partial charge in [-0.05, 0) is 18.2 Å². The van der Waals surface area contributed by atoms with Gasteiger partial charge in [0.15, 0.2) is 0 Å². The maximum Gasteiger partial charge on any atom is 0.313 e. The van der Waals surface area contributed by atoms with Crippen LogP contribution in [0.4, 0.5) is 5.69 Å². The zero-order chi connectivity index (χ0) is 15.6. The predicted molar refractivity (Wildman–Crippen MR) is 90.0 cm³/mol. The normalized spacial score (nSPS) is 10.5. The molecular weight excluding hydrogens is 449 g/mol. The monoisotopic (exact) mass is 453 g/mol. The van der Waals surface area contributed by atoms with E-state index in [4.69, 9.17) is 27.9 Å². The molecule has 0 N–H and O–H groups in total. The number of hydrogen-bond donors (Lipinski definition) is 0. The first-order valence-electron chi connectivity index (χ1n) is 5.58. The average molecular weight is 456 g/mol. The van der Waals surface area contributed by atoms with Gasteiger partial charge in [0.25, 0.3) is 0 Å². The molecule has 2 aromatic carbocycles. The quantitative estimate of drug-likeness (QED) is 0.306. The molecule has 0 spiro atoms. The van der Waals surface area contributed by atoms with E-state index in [0.717, 1.165) is 10.0 Å². The fourth-order valence-corrected chi connectivity index (χ4v) is 2.77. The number of ether oxygens (including phenoxy) is 1. The first kappa shape index (κ1) is 16.5. The van der Waals surface area contributed by atoms with Gasteiger partial charge >= 0.3 is 5.69 Å². The molecule has 0 saturated heterocycles. The summed E-state index contributed by atoms with van der Waals surface area (Å²) in [6, 6.07) is 7.86. The zero-order valence-electron chi connectivity index (χ0n) is 10.3. The number of alkyl halides is 1. The van der Waals surface area contributed by atoms with E-state index >= 15 is 0 Å². The number of nitro groups is 1. The van der Waals surface area contributed by atoms with Crippen LogP contribution in [-0.2, 0) is 5.33 Å². The van der Waals surface area contributed by atoms with Crippen molar-refractivity contribution in [1.29, 1.82) is 0 Å². The summed E-state index contributed by atoms with van der Waals surface area (Å²) in [5.41, 5.74) is 0.595. The molecule has 0 bridgehead atoms. The summed E-state index contributed by atoms with van der Waals surface area (Å²) in [4.78, 5) is 10.5. The van der Waals surface area contributed by atoms with Crippen LogP contribution in [0.5, 0.6) is 11.5 Å². The van der Waals surface area contributed by atoms with Crippen molar-refractivity contribution in [3.63, 3.8) is 0 Å². The van der Waals surface area contributed by atoms with Gasteiger partial charge < -0.3 is 4.74 Å². The molecule has 0 radical (unpaired) electrons. The van der Waals surface area contributed by atoms with Crippen molar-refractivity contribution in [3.8, 4) is 11.5 Å². The Morgan fingerprint density at radius 2 is 1.81 bits per heavy atom. The highest BCUT2D eigenvalue weighted by atomic mass is 79.9. The highest BCUT2D eigenvalue weighted by Gasteiger charge is 2.20. The lowest BCUT2D eigenvalue weighted by Crippen LogP contribution is -1.96. The Balaban J connectivity index is 2.48. The van der Waals surface area contributed by atoms with E-state index in [1.54, 1.807) is 12.1 Å². The SMILES string of the molecule is O=[N+]([O-])c1cc(Cl)c(Cl)cc1Oc1ccc(Br)cc1CBr. The summed E-state index contributed by atoms with van der Waals surface area (Å²) in [5, 5.41) is 11.9. The highest BCUT2D eigenvalue weighted by Crippen LogP contribution is 2.39. The minimum absolute atomic E-state index is 0.0407. The summed E-state index contributed by atoms with van der Waals surface area (Å²) in [5.74, 6) is 0.537. The van der Waals surface area contributed by atoms with Crippen molar-refractivity contribution in [1.82, 2.24) is 0 Å². The van der Waals surface area contributed by atoms with Crippen LogP contribution in [0.25, 0.3) is 0 Å². The molecule has 0 fully saturated rings. The summed E-state index contributed by atoms with van der Waals surface area (Å²) in [6.07, 6.45) is 0. The molecule has 0 aliphatic heterocycles. The second-order valence-electron chi connectivity index (χ2n) is 3.98. The molecule has 4 nitrogen and oxygen atoms in total. The Morgan fingerprint density at radius 1 is 1.14 bits per heavy atom. The second-order valence-corrected chi connectivity index (χ2v) is 6.27. The number of halogens is 4. The molecule has 0 aliphatic carbocycles. The lowest BCUT2D eigenvalue weighted by Gasteiger charge is -2.11. The Kier molecular flexibility index (Phi) is 5.48. The van der Waals surface area contributed by atoms with Crippen molar-refractivity contribution < 1.29 is 9.66 Å². The second kappa shape index (κ2) is 6.96. The van der Waals surface area contributed by atoms with Crippen molar-refractivity contribution >= 4 is 60.7 Å².